The highest BCUT2D eigenvalue weighted by Crippen LogP contribution is 2.43. The summed E-state index contributed by atoms with van der Waals surface area (Å²) in [5.41, 5.74) is 7.90. The van der Waals surface area contributed by atoms with Crippen molar-refractivity contribution in [1.29, 1.82) is 0 Å². The van der Waals surface area contributed by atoms with Crippen molar-refractivity contribution in [2.24, 2.45) is 0 Å². The van der Waals surface area contributed by atoms with Gasteiger partial charge in [-0.3, -0.25) is 4.98 Å². The molecule has 0 spiro atoms. The molecule has 148 valence electrons. The predicted octanol–water partition coefficient (Wildman–Crippen LogP) is 4.95. The molecular formula is C24H26N4O. The Morgan fingerprint density at radius 2 is 1.72 bits per heavy atom. The number of benzene rings is 1. The molecule has 29 heavy (non-hydrogen) atoms. The van der Waals surface area contributed by atoms with Gasteiger partial charge in [0, 0.05) is 22.6 Å². The highest BCUT2D eigenvalue weighted by atomic mass is 16.5. The number of nitrogens with zero attached hydrogens (tertiary/aromatic N) is 4. The summed E-state index contributed by atoms with van der Waals surface area (Å²) in [6.07, 6.45) is 6.98. The maximum Gasteiger partial charge on any atom is 0.252 e. The quantitative estimate of drug-likeness (QED) is 0.594. The second kappa shape index (κ2) is 6.76. The lowest BCUT2D eigenvalue weighted by molar-refractivity contribution is 0.366. The van der Waals surface area contributed by atoms with Crippen molar-refractivity contribution in [3.05, 3.63) is 88.6 Å². The maximum absolute atomic E-state index is 4.97. The Hall–Kier alpha value is -3.08. The topological polar surface area (TPSA) is 64.7 Å². The average molecular weight is 386 g/mol. The van der Waals surface area contributed by atoms with Gasteiger partial charge in [-0.05, 0) is 52.1 Å². The highest BCUT2D eigenvalue weighted by molar-refractivity contribution is 5.79. The van der Waals surface area contributed by atoms with Crippen molar-refractivity contribution < 1.29 is 4.52 Å². The van der Waals surface area contributed by atoms with E-state index in [1.165, 1.54) is 16.7 Å². The minimum Gasteiger partial charge on any atom is -0.320 e. The average Bonchev–Trinajstić information content (AvgIpc) is 3.18. The first-order valence-electron chi connectivity index (χ1n) is 9.82. The Labute approximate surface area is 171 Å². The molecule has 0 amide bonds. The Kier molecular flexibility index (Phi) is 4.49. The summed E-state index contributed by atoms with van der Waals surface area (Å²) in [5.74, 6) is 0.474. The molecule has 1 aromatic carbocycles. The minimum atomic E-state index is -0.0109. The van der Waals surface area contributed by atoms with E-state index in [-0.39, 0.29) is 10.8 Å². The molecule has 0 atom stereocenters. The van der Waals surface area contributed by atoms with Gasteiger partial charge in [-0.2, -0.15) is 0 Å². The van der Waals surface area contributed by atoms with Crippen LogP contribution in [0, 0.1) is 6.92 Å². The van der Waals surface area contributed by atoms with Crippen LogP contribution in [0.5, 0.6) is 0 Å². The number of aromatic nitrogens is 4. The lowest BCUT2D eigenvalue weighted by Crippen LogP contribution is -2.29. The van der Waals surface area contributed by atoms with E-state index in [4.69, 9.17) is 4.52 Å². The first-order valence-corrected chi connectivity index (χ1v) is 9.82. The summed E-state index contributed by atoms with van der Waals surface area (Å²) < 4.78 is 4.97. The van der Waals surface area contributed by atoms with Crippen LogP contribution in [0.4, 0.5) is 0 Å². The van der Waals surface area contributed by atoms with Crippen molar-refractivity contribution in [1.82, 2.24) is 20.6 Å². The normalized spacial score (nSPS) is 16.4. The van der Waals surface area contributed by atoms with E-state index in [2.05, 4.69) is 86.0 Å². The molecule has 4 rings (SSSR count). The van der Waals surface area contributed by atoms with Crippen LogP contribution in [0.1, 0.15) is 67.1 Å². The molecule has 1 aliphatic rings. The molecule has 0 radical (unpaired) electrons. The van der Waals surface area contributed by atoms with Gasteiger partial charge >= 0.3 is 0 Å². The van der Waals surface area contributed by atoms with Crippen LogP contribution in [0.25, 0.3) is 5.57 Å². The van der Waals surface area contributed by atoms with Crippen molar-refractivity contribution in [3.8, 4) is 0 Å². The fraction of sp³-hybridized carbons (Fsp3) is 0.333. The van der Waals surface area contributed by atoms with Gasteiger partial charge in [0.1, 0.15) is 0 Å². The zero-order valence-corrected chi connectivity index (χ0v) is 17.7. The molecule has 5 heteroatoms. The van der Waals surface area contributed by atoms with E-state index < -0.39 is 0 Å². The van der Waals surface area contributed by atoms with Gasteiger partial charge < -0.3 is 4.52 Å². The lowest BCUT2D eigenvalue weighted by Gasteiger charge is -2.37. The Morgan fingerprint density at radius 3 is 2.31 bits per heavy atom. The van der Waals surface area contributed by atoms with Crippen LogP contribution in [0.2, 0.25) is 0 Å². The Bertz CT molecular complexity index is 1090. The van der Waals surface area contributed by atoms with Crippen LogP contribution in [0.3, 0.4) is 0 Å². The molecule has 5 nitrogen and oxygen atoms in total. The van der Waals surface area contributed by atoms with Crippen LogP contribution in [-0.2, 0) is 17.3 Å². The number of rotatable bonds is 4. The predicted molar refractivity (Wildman–Crippen MR) is 114 cm³/mol. The summed E-state index contributed by atoms with van der Waals surface area (Å²) in [6.45, 7) is 15.6. The highest BCUT2D eigenvalue weighted by Gasteiger charge is 2.33. The van der Waals surface area contributed by atoms with Crippen molar-refractivity contribution in [3.63, 3.8) is 0 Å². The molecule has 0 saturated carbocycles. The molecule has 0 saturated heterocycles. The van der Waals surface area contributed by atoms with Crippen molar-refractivity contribution in [2.75, 3.05) is 0 Å². The van der Waals surface area contributed by atoms with Crippen LogP contribution < -0.4 is 0 Å². The number of hydrogen-bond donors (Lipinski definition) is 0. The standard InChI is InChI=1S/C24H26N4O/c1-15-11-19-20(24(5,6)10-9-23(19,3)4)13-18(15)16(2)21-8-7-17(14-25-21)12-22-26-27-28-29-22/h7-11,13-14H,2,12H2,1,3-6H3. The molecule has 0 N–H and O–H groups in total. The van der Waals surface area contributed by atoms with Crippen molar-refractivity contribution >= 4 is 5.57 Å². The monoisotopic (exact) mass is 386 g/mol. The van der Waals surface area contributed by atoms with Crippen LogP contribution in [-0.4, -0.2) is 20.6 Å². The molecule has 0 fully saturated rings. The van der Waals surface area contributed by atoms with E-state index in [0.717, 1.165) is 22.4 Å². The van der Waals surface area contributed by atoms with Gasteiger partial charge in [-0.25, -0.2) is 0 Å². The third-order valence-corrected chi connectivity index (χ3v) is 5.82. The van der Waals surface area contributed by atoms with Gasteiger partial charge in [0.2, 0.25) is 0 Å². The zero-order valence-electron chi connectivity index (χ0n) is 17.7. The molecule has 2 aromatic heterocycles. The fourth-order valence-corrected chi connectivity index (χ4v) is 3.94. The smallest absolute Gasteiger partial charge is 0.252 e. The number of hydrogen-bond acceptors (Lipinski definition) is 5. The number of fused-ring (bicyclic) bond motifs is 1. The Balaban J connectivity index is 1.68. The third-order valence-electron chi connectivity index (χ3n) is 5.82. The number of pyridine rings is 1. The third kappa shape index (κ3) is 3.53. The number of allylic oxidation sites excluding steroid dienone is 2. The van der Waals surface area contributed by atoms with E-state index in [9.17, 15) is 0 Å². The summed E-state index contributed by atoms with van der Waals surface area (Å²) in [6, 6.07) is 8.63. The first-order chi connectivity index (χ1) is 13.7. The molecule has 3 aromatic rings. The molecule has 2 heterocycles. The molecule has 0 bridgehead atoms. The van der Waals surface area contributed by atoms with Crippen molar-refractivity contribution in [2.45, 2.75) is 51.9 Å². The maximum atomic E-state index is 4.97. The second-order valence-corrected chi connectivity index (χ2v) is 8.95. The summed E-state index contributed by atoms with van der Waals surface area (Å²) in [7, 11) is 0. The van der Waals surface area contributed by atoms with Crippen LogP contribution in [0.15, 0.2) is 53.7 Å². The minimum absolute atomic E-state index is 0.0109. The van der Waals surface area contributed by atoms with E-state index in [1.807, 2.05) is 18.3 Å². The summed E-state index contributed by atoms with van der Waals surface area (Å²) in [5, 5.41) is 10.7. The summed E-state index contributed by atoms with van der Waals surface area (Å²) >= 11 is 0. The van der Waals surface area contributed by atoms with E-state index in [1.54, 1.807) is 0 Å². The fourth-order valence-electron chi connectivity index (χ4n) is 3.94. The molecule has 1 aliphatic carbocycles. The van der Waals surface area contributed by atoms with Gasteiger partial charge in [0.05, 0.1) is 17.4 Å². The molecular weight excluding hydrogens is 360 g/mol. The van der Waals surface area contributed by atoms with Crippen LogP contribution >= 0.6 is 0 Å². The largest absolute Gasteiger partial charge is 0.320 e. The van der Waals surface area contributed by atoms with Gasteiger partial charge in [0.15, 0.2) is 0 Å². The van der Waals surface area contributed by atoms with Gasteiger partial charge in [0.25, 0.3) is 5.89 Å². The Morgan fingerprint density at radius 1 is 1.03 bits per heavy atom. The van der Waals surface area contributed by atoms with Gasteiger partial charge in [-0.1, -0.05) is 63.7 Å². The summed E-state index contributed by atoms with van der Waals surface area (Å²) in [4.78, 5) is 4.63. The molecule has 0 unspecified atom stereocenters. The lowest BCUT2D eigenvalue weighted by atomic mass is 9.67. The SMILES string of the molecule is C=C(c1ccc(Cc2nnno2)cn1)c1cc2c(cc1C)C(C)(C)C=CC2(C)C. The second-order valence-electron chi connectivity index (χ2n) is 8.95. The molecule has 0 aliphatic heterocycles. The van der Waals surface area contributed by atoms with Gasteiger partial charge in [-0.15, -0.1) is 0 Å². The zero-order chi connectivity index (χ0) is 20.8. The number of aryl methyl sites for hydroxylation is 1. The first kappa shape index (κ1) is 19.2. The van der Waals surface area contributed by atoms with E-state index in [0.29, 0.717) is 12.3 Å². The van der Waals surface area contributed by atoms with E-state index >= 15 is 0 Å².